The van der Waals surface area contributed by atoms with Crippen molar-refractivity contribution in [1.29, 1.82) is 0 Å². The number of hydrogen-bond acceptors (Lipinski definition) is 6. The number of benzene rings is 3. The van der Waals surface area contributed by atoms with Crippen molar-refractivity contribution in [3.63, 3.8) is 0 Å². The van der Waals surface area contributed by atoms with Gasteiger partial charge in [0.2, 0.25) is 5.52 Å². The van der Waals surface area contributed by atoms with Gasteiger partial charge in [0.05, 0.1) is 17.2 Å². The Balaban J connectivity index is 1.79. The molecule has 0 saturated carbocycles. The lowest BCUT2D eigenvalue weighted by Crippen LogP contribution is -2.38. The summed E-state index contributed by atoms with van der Waals surface area (Å²) >= 11 is 12.2. The number of aromatic nitrogens is 2. The molecule has 1 heterocycles. The molecule has 0 saturated heterocycles. The molecule has 0 amide bonds. The van der Waals surface area contributed by atoms with Crippen molar-refractivity contribution in [2.24, 2.45) is 0 Å². The highest BCUT2D eigenvalue weighted by Crippen LogP contribution is 2.27. The Morgan fingerprint density at radius 2 is 1.67 bits per heavy atom. The third kappa shape index (κ3) is 4.46. The van der Waals surface area contributed by atoms with Crippen molar-refractivity contribution < 1.29 is 23.8 Å². The maximum Gasteiger partial charge on any atom is 0.342 e. The van der Waals surface area contributed by atoms with Crippen LogP contribution in [0.3, 0.4) is 0 Å². The Bertz CT molecular complexity index is 1380. The lowest BCUT2D eigenvalue weighted by atomic mass is 10.1. The van der Waals surface area contributed by atoms with E-state index in [1.54, 1.807) is 54.6 Å². The molecular formula is C24H16Cl2N2O5. The predicted molar refractivity (Wildman–Crippen MR) is 123 cm³/mol. The van der Waals surface area contributed by atoms with E-state index in [0.717, 1.165) is 0 Å². The van der Waals surface area contributed by atoms with Crippen molar-refractivity contribution >= 4 is 46.0 Å². The molecule has 0 radical (unpaired) electrons. The monoisotopic (exact) mass is 482 g/mol. The lowest BCUT2D eigenvalue weighted by molar-refractivity contribution is -0.580. The van der Waals surface area contributed by atoms with E-state index in [2.05, 4.69) is 4.98 Å². The van der Waals surface area contributed by atoms with Crippen LogP contribution in [0.25, 0.3) is 11.0 Å². The van der Waals surface area contributed by atoms with Crippen LogP contribution in [-0.2, 0) is 11.3 Å². The van der Waals surface area contributed by atoms with E-state index < -0.39 is 18.4 Å². The maximum atomic E-state index is 13.2. The minimum Gasteiger partial charge on any atom is -0.618 e. The molecule has 0 aliphatic rings. The van der Waals surface area contributed by atoms with Gasteiger partial charge in [0.25, 0.3) is 11.5 Å². The molecule has 0 fully saturated rings. The molecule has 4 aromatic rings. The highest BCUT2D eigenvalue weighted by atomic mass is 35.5. The molecule has 0 spiro atoms. The lowest BCUT2D eigenvalue weighted by Gasteiger charge is -2.13. The van der Waals surface area contributed by atoms with E-state index in [-0.39, 0.29) is 43.6 Å². The molecule has 0 N–H and O–H groups in total. The molecule has 166 valence electrons. The van der Waals surface area contributed by atoms with Crippen LogP contribution >= 0.6 is 23.2 Å². The second kappa shape index (κ2) is 9.44. The molecule has 7 nitrogen and oxygen atoms in total. The first-order valence-electron chi connectivity index (χ1n) is 9.71. The van der Waals surface area contributed by atoms with Gasteiger partial charge in [-0.05, 0) is 18.2 Å². The van der Waals surface area contributed by atoms with Crippen molar-refractivity contribution in [2.75, 3.05) is 7.11 Å². The Kier molecular flexibility index (Phi) is 6.44. The number of para-hydroxylation sites is 1. The van der Waals surface area contributed by atoms with Gasteiger partial charge in [-0.25, -0.2) is 9.78 Å². The van der Waals surface area contributed by atoms with Crippen molar-refractivity contribution in [3.8, 4) is 5.75 Å². The fourth-order valence-corrected chi connectivity index (χ4v) is 3.60. The van der Waals surface area contributed by atoms with E-state index in [0.29, 0.717) is 10.5 Å². The second-order valence-corrected chi connectivity index (χ2v) is 7.74. The first kappa shape index (κ1) is 22.5. The van der Waals surface area contributed by atoms with Gasteiger partial charge in [0.1, 0.15) is 23.4 Å². The van der Waals surface area contributed by atoms with Crippen LogP contribution in [-0.4, -0.2) is 23.8 Å². The first-order valence-corrected chi connectivity index (χ1v) is 10.5. The normalized spacial score (nSPS) is 10.8. The molecule has 4 rings (SSSR count). The van der Waals surface area contributed by atoms with Gasteiger partial charge in [-0.3, -0.25) is 4.79 Å². The molecule has 0 atom stereocenters. The molecule has 9 heteroatoms. The van der Waals surface area contributed by atoms with Gasteiger partial charge < -0.3 is 14.7 Å². The van der Waals surface area contributed by atoms with E-state index in [1.807, 2.05) is 0 Å². The van der Waals surface area contributed by atoms with E-state index in [1.165, 1.54) is 19.2 Å². The minimum atomic E-state index is -0.695. The van der Waals surface area contributed by atoms with Crippen LogP contribution in [0.2, 0.25) is 10.0 Å². The fourth-order valence-electron chi connectivity index (χ4n) is 3.29. The van der Waals surface area contributed by atoms with Gasteiger partial charge >= 0.3 is 5.97 Å². The van der Waals surface area contributed by atoms with Gasteiger partial charge in [-0.1, -0.05) is 65.7 Å². The Morgan fingerprint density at radius 3 is 2.39 bits per heavy atom. The average molecular weight is 483 g/mol. The largest absolute Gasteiger partial charge is 0.618 e. The topological polar surface area (TPSA) is 92.4 Å². The zero-order valence-corrected chi connectivity index (χ0v) is 18.8. The number of esters is 1. The molecule has 0 aliphatic heterocycles. The minimum absolute atomic E-state index is 0.0204. The number of carbonyl (C=O) groups excluding carboxylic acids is 2. The van der Waals surface area contributed by atoms with E-state index in [9.17, 15) is 14.8 Å². The standard InChI is InChI=1S/C24H16Cl2N2O5/c1-32-21-10-6-5-9-15(21)24(30)33-13-19-22(23(29)14-7-3-2-4-8-14)28(31)20-12-17(26)16(25)11-18(20)27-19/h2-12H,13H2,1H3. The number of hydrogen-bond donors (Lipinski definition) is 0. The molecule has 1 aromatic heterocycles. The molecular weight excluding hydrogens is 467 g/mol. The molecule has 0 bridgehead atoms. The van der Waals surface area contributed by atoms with E-state index >= 15 is 0 Å². The summed E-state index contributed by atoms with van der Waals surface area (Å²) in [6.07, 6.45) is 0. The Hall–Kier alpha value is -3.68. The fraction of sp³-hybridized carbons (Fsp3) is 0.0833. The van der Waals surface area contributed by atoms with Gasteiger partial charge in [-0.2, -0.15) is 4.73 Å². The smallest absolute Gasteiger partial charge is 0.342 e. The van der Waals surface area contributed by atoms with Gasteiger partial charge in [0, 0.05) is 11.6 Å². The number of nitrogens with zero attached hydrogens (tertiary/aromatic N) is 2. The van der Waals surface area contributed by atoms with Crippen LogP contribution in [0.15, 0.2) is 66.7 Å². The van der Waals surface area contributed by atoms with E-state index in [4.69, 9.17) is 32.7 Å². The summed E-state index contributed by atoms with van der Waals surface area (Å²) in [7, 11) is 1.43. The average Bonchev–Trinajstić information content (AvgIpc) is 2.84. The third-order valence-electron chi connectivity index (χ3n) is 4.89. The first-order chi connectivity index (χ1) is 15.9. The number of halogens is 2. The SMILES string of the molecule is COc1ccccc1C(=O)OCc1nc2cc(Cl)c(Cl)cc2[n+]([O-])c1C(=O)c1ccccc1. The maximum absolute atomic E-state index is 13.2. The van der Waals surface area contributed by atoms with Gasteiger partial charge in [-0.15, -0.1) is 0 Å². The van der Waals surface area contributed by atoms with Crippen molar-refractivity contribution in [2.45, 2.75) is 6.61 Å². The van der Waals surface area contributed by atoms with Crippen LogP contribution in [0.4, 0.5) is 0 Å². The number of carbonyl (C=O) groups is 2. The van der Waals surface area contributed by atoms with Gasteiger partial charge in [0.15, 0.2) is 5.69 Å². The number of ether oxygens (including phenoxy) is 2. The zero-order chi connectivity index (χ0) is 23.5. The summed E-state index contributed by atoms with van der Waals surface area (Å²) in [5.41, 5.74) is 0.436. The number of rotatable bonds is 6. The van der Waals surface area contributed by atoms with Crippen molar-refractivity contribution in [1.82, 2.24) is 4.98 Å². The second-order valence-electron chi connectivity index (χ2n) is 6.93. The summed E-state index contributed by atoms with van der Waals surface area (Å²) in [5.74, 6) is -0.941. The van der Waals surface area contributed by atoms with Crippen LogP contribution in [0, 0.1) is 5.21 Å². The number of ketones is 1. The summed E-state index contributed by atoms with van der Waals surface area (Å²) in [6, 6.07) is 17.5. The highest BCUT2D eigenvalue weighted by Gasteiger charge is 2.29. The quantitative estimate of drug-likeness (QED) is 0.170. The Labute approximate surface area is 198 Å². The third-order valence-corrected chi connectivity index (χ3v) is 5.61. The summed E-state index contributed by atoms with van der Waals surface area (Å²) in [4.78, 5) is 30.3. The Morgan fingerprint density at radius 1 is 1.00 bits per heavy atom. The summed E-state index contributed by atoms with van der Waals surface area (Å²) < 4.78 is 11.0. The molecule has 33 heavy (non-hydrogen) atoms. The van der Waals surface area contributed by atoms with Crippen molar-refractivity contribution in [3.05, 3.63) is 104 Å². The summed E-state index contributed by atoms with van der Waals surface area (Å²) in [5, 5.41) is 13.6. The number of methoxy groups -OCH3 is 1. The molecule has 0 unspecified atom stereocenters. The summed E-state index contributed by atoms with van der Waals surface area (Å²) in [6.45, 7) is -0.427. The molecule has 3 aromatic carbocycles. The van der Waals surface area contributed by atoms with Crippen LogP contribution in [0.1, 0.15) is 32.1 Å². The van der Waals surface area contributed by atoms with Crippen LogP contribution < -0.4 is 9.47 Å². The zero-order valence-electron chi connectivity index (χ0n) is 17.2. The number of fused-ring (bicyclic) bond motifs is 1. The molecule has 0 aliphatic carbocycles. The highest BCUT2D eigenvalue weighted by molar-refractivity contribution is 6.42. The predicted octanol–water partition coefficient (Wildman–Crippen LogP) is 4.77. The van der Waals surface area contributed by atoms with Crippen LogP contribution in [0.5, 0.6) is 5.75 Å².